The molecule has 2 heterocycles. The van der Waals surface area contributed by atoms with Crippen LogP contribution in [0, 0.1) is 5.92 Å². The summed E-state index contributed by atoms with van der Waals surface area (Å²) in [4.78, 5) is 8.70. The molecule has 0 spiro atoms. The zero-order chi connectivity index (χ0) is 12.4. The van der Waals surface area contributed by atoms with E-state index in [4.69, 9.17) is 10.5 Å². The fourth-order valence-corrected chi connectivity index (χ4v) is 2.16. The molecule has 0 saturated carbocycles. The van der Waals surface area contributed by atoms with Crippen LogP contribution in [0.15, 0.2) is 24.3 Å². The van der Waals surface area contributed by atoms with E-state index in [0.29, 0.717) is 24.2 Å². The monoisotopic (exact) mass is 244 g/mol. The predicted molar refractivity (Wildman–Crippen MR) is 70.4 cm³/mol. The van der Waals surface area contributed by atoms with Crippen LogP contribution in [0.25, 0.3) is 11.0 Å². The van der Waals surface area contributed by atoms with Crippen LogP contribution in [0.4, 0.5) is 5.82 Å². The van der Waals surface area contributed by atoms with E-state index in [1.807, 2.05) is 24.3 Å². The molecule has 3 rings (SSSR count). The topological polar surface area (TPSA) is 73.1 Å². The van der Waals surface area contributed by atoms with Crippen LogP contribution >= 0.6 is 0 Å². The highest BCUT2D eigenvalue weighted by atomic mass is 16.5. The minimum atomic E-state index is 0.361. The van der Waals surface area contributed by atoms with Crippen LogP contribution in [-0.2, 0) is 0 Å². The summed E-state index contributed by atoms with van der Waals surface area (Å²) in [5.41, 5.74) is 7.46. The number of nitrogens with two attached hydrogens (primary N) is 1. The first-order valence-electron chi connectivity index (χ1n) is 6.19. The minimum Gasteiger partial charge on any atom is -0.475 e. The van der Waals surface area contributed by atoms with Gasteiger partial charge in [-0.3, -0.25) is 0 Å². The first kappa shape index (κ1) is 11.2. The third-order valence-corrected chi connectivity index (χ3v) is 3.18. The Labute approximate surface area is 105 Å². The Hall–Kier alpha value is -1.88. The lowest BCUT2D eigenvalue weighted by Gasteiger charge is -2.11. The van der Waals surface area contributed by atoms with Crippen LogP contribution in [0.3, 0.4) is 0 Å². The molecule has 0 aliphatic carbocycles. The van der Waals surface area contributed by atoms with E-state index in [1.54, 1.807) is 0 Å². The minimum absolute atomic E-state index is 0.361. The third kappa shape index (κ3) is 2.22. The molecule has 1 aliphatic rings. The zero-order valence-electron chi connectivity index (χ0n) is 10.1. The van der Waals surface area contributed by atoms with Gasteiger partial charge in [-0.15, -0.1) is 0 Å². The Morgan fingerprint density at radius 1 is 1.28 bits per heavy atom. The van der Waals surface area contributed by atoms with E-state index in [-0.39, 0.29) is 0 Å². The molecule has 1 fully saturated rings. The lowest BCUT2D eigenvalue weighted by Crippen LogP contribution is -2.16. The van der Waals surface area contributed by atoms with Gasteiger partial charge in [-0.2, -0.15) is 0 Å². The van der Waals surface area contributed by atoms with Gasteiger partial charge in [-0.05, 0) is 25.1 Å². The summed E-state index contributed by atoms with van der Waals surface area (Å²) < 4.78 is 5.69. The van der Waals surface area contributed by atoms with E-state index in [1.165, 1.54) is 0 Å². The molecular formula is C13H16N4O. The van der Waals surface area contributed by atoms with Crippen molar-refractivity contribution in [3.63, 3.8) is 0 Å². The van der Waals surface area contributed by atoms with Crippen molar-refractivity contribution in [2.24, 2.45) is 5.92 Å². The van der Waals surface area contributed by atoms with Gasteiger partial charge < -0.3 is 15.8 Å². The number of nitrogens with zero attached hydrogens (tertiary/aromatic N) is 2. The SMILES string of the molecule is Nc1nc2ccccc2nc1OC[C@H]1CCNC1. The summed E-state index contributed by atoms with van der Waals surface area (Å²) in [7, 11) is 0. The second kappa shape index (κ2) is 4.78. The number of rotatable bonds is 3. The number of aromatic nitrogens is 2. The molecule has 0 radical (unpaired) electrons. The fraction of sp³-hybridized carbons (Fsp3) is 0.385. The van der Waals surface area contributed by atoms with Gasteiger partial charge in [0.1, 0.15) is 0 Å². The molecular weight excluding hydrogens is 228 g/mol. The standard InChI is InChI=1S/C13H16N4O/c14-12-13(18-8-9-5-6-15-7-9)17-11-4-2-1-3-10(11)16-12/h1-4,9,15H,5-8H2,(H2,14,16)/t9-/m0/s1. The van der Waals surface area contributed by atoms with Crippen LogP contribution < -0.4 is 15.8 Å². The lowest BCUT2D eigenvalue weighted by atomic mass is 10.1. The second-order valence-electron chi connectivity index (χ2n) is 4.57. The van der Waals surface area contributed by atoms with Gasteiger partial charge in [0.2, 0.25) is 0 Å². The maximum absolute atomic E-state index is 5.86. The molecule has 3 N–H and O–H groups in total. The summed E-state index contributed by atoms with van der Waals surface area (Å²) in [6.45, 7) is 2.71. The molecule has 0 amide bonds. The molecule has 5 nitrogen and oxygen atoms in total. The van der Waals surface area contributed by atoms with Gasteiger partial charge in [0.25, 0.3) is 5.88 Å². The van der Waals surface area contributed by atoms with Crippen molar-refractivity contribution in [1.82, 2.24) is 15.3 Å². The van der Waals surface area contributed by atoms with Crippen molar-refractivity contribution >= 4 is 16.9 Å². The molecule has 0 unspecified atom stereocenters. The van der Waals surface area contributed by atoms with Gasteiger partial charge in [-0.1, -0.05) is 12.1 Å². The van der Waals surface area contributed by atoms with Crippen molar-refractivity contribution in [3.8, 4) is 5.88 Å². The lowest BCUT2D eigenvalue weighted by molar-refractivity contribution is 0.252. The number of para-hydroxylation sites is 2. The number of hydrogen-bond acceptors (Lipinski definition) is 5. The smallest absolute Gasteiger partial charge is 0.257 e. The molecule has 0 bridgehead atoms. The summed E-state index contributed by atoms with van der Waals surface area (Å²) in [6, 6.07) is 7.65. The van der Waals surface area contributed by atoms with Crippen molar-refractivity contribution in [1.29, 1.82) is 0 Å². The molecule has 1 atom stereocenters. The average molecular weight is 244 g/mol. The van der Waals surface area contributed by atoms with Gasteiger partial charge >= 0.3 is 0 Å². The van der Waals surface area contributed by atoms with Crippen molar-refractivity contribution in [2.45, 2.75) is 6.42 Å². The van der Waals surface area contributed by atoms with Crippen LogP contribution in [-0.4, -0.2) is 29.7 Å². The van der Waals surface area contributed by atoms with Crippen molar-refractivity contribution < 1.29 is 4.74 Å². The number of ether oxygens (including phenoxy) is 1. The van der Waals surface area contributed by atoms with Gasteiger partial charge in [0, 0.05) is 12.5 Å². The Balaban J connectivity index is 1.80. The van der Waals surface area contributed by atoms with Gasteiger partial charge in [-0.25, -0.2) is 9.97 Å². The Morgan fingerprint density at radius 3 is 2.78 bits per heavy atom. The van der Waals surface area contributed by atoms with E-state index in [9.17, 15) is 0 Å². The number of nitrogens with one attached hydrogen (secondary N) is 1. The number of nitrogen functional groups attached to an aromatic ring is 1. The summed E-state index contributed by atoms with van der Waals surface area (Å²) in [6.07, 6.45) is 1.14. The normalized spacial score (nSPS) is 19.2. The highest BCUT2D eigenvalue weighted by Gasteiger charge is 2.16. The maximum Gasteiger partial charge on any atom is 0.257 e. The van der Waals surface area contributed by atoms with Gasteiger partial charge in [0.15, 0.2) is 5.82 Å². The average Bonchev–Trinajstić information content (AvgIpc) is 2.89. The van der Waals surface area contributed by atoms with Crippen LogP contribution in [0.1, 0.15) is 6.42 Å². The van der Waals surface area contributed by atoms with E-state index >= 15 is 0 Å². The first-order chi connectivity index (χ1) is 8.83. The van der Waals surface area contributed by atoms with Crippen LogP contribution in [0.5, 0.6) is 5.88 Å². The Kier molecular flexibility index (Phi) is 2.98. The number of anilines is 1. The van der Waals surface area contributed by atoms with Crippen LogP contribution in [0.2, 0.25) is 0 Å². The zero-order valence-corrected chi connectivity index (χ0v) is 10.1. The number of fused-ring (bicyclic) bond motifs is 1. The highest BCUT2D eigenvalue weighted by Crippen LogP contribution is 2.21. The number of hydrogen-bond donors (Lipinski definition) is 2. The summed E-state index contributed by atoms with van der Waals surface area (Å²) >= 11 is 0. The first-order valence-corrected chi connectivity index (χ1v) is 6.19. The third-order valence-electron chi connectivity index (χ3n) is 3.18. The van der Waals surface area contributed by atoms with E-state index in [0.717, 1.165) is 30.5 Å². The molecule has 1 aromatic heterocycles. The molecule has 94 valence electrons. The van der Waals surface area contributed by atoms with Crippen molar-refractivity contribution in [2.75, 3.05) is 25.4 Å². The Bertz CT molecular complexity index is 552. The maximum atomic E-state index is 5.86. The largest absolute Gasteiger partial charge is 0.475 e. The molecule has 2 aromatic rings. The summed E-state index contributed by atoms with van der Waals surface area (Å²) in [5, 5.41) is 3.31. The molecule has 18 heavy (non-hydrogen) atoms. The molecule has 1 aromatic carbocycles. The van der Waals surface area contributed by atoms with E-state index in [2.05, 4.69) is 15.3 Å². The van der Waals surface area contributed by atoms with Crippen molar-refractivity contribution in [3.05, 3.63) is 24.3 Å². The second-order valence-corrected chi connectivity index (χ2v) is 4.57. The summed E-state index contributed by atoms with van der Waals surface area (Å²) in [5.74, 6) is 1.35. The quantitative estimate of drug-likeness (QED) is 0.848. The number of benzene rings is 1. The molecule has 5 heteroatoms. The van der Waals surface area contributed by atoms with Gasteiger partial charge in [0.05, 0.1) is 17.6 Å². The molecule has 1 aliphatic heterocycles. The molecule has 1 saturated heterocycles. The Morgan fingerprint density at radius 2 is 2.06 bits per heavy atom. The highest BCUT2D eigenvalue weighted by molar-refractivity contribution is 5.76. The predicted octanol–water partition coefficient (Wildman–Crippen LogP) is 1.20. The van der Waals surface area contributed by atoms with E-state index < -0.39 is 0 Å². The fourth-order valence-electron chi connectivity index (χ4n) is 2.16.